The number of hydrogen-bond acceptors (Lipinski definition) is 4. The van der Waals surface area contributed by atoms with Gasteiger partial charge in [-0.1, -0.05) is 11.6 Å². The van der Waals surface area contributed by atoms with E-state index in [1.165, 1.54) is 7.11 Å². The van der Waals surface area contributed by atoms with Gasteiger partial charge in [0.2, 0.25) is 0 Å². The molecule has 1 aliphatic carbocycles. The molecule has 1 fully saturated rings. The number of esters is 1. The van der Waals surface area contributed by atoms with Gasteiger partial charge in [0.15, 0.2) is 6.61 Å². The molecule has 0 heterocycles. The molecule has 114 valence electrons. The van der Waals surface area contributed by atoms with E-state index in [4.69, 9.17) is 9.47 Å². The third-order valence-electron chi connectivity index (χ3n) is 3.63. The molecule has 1 saturated carbocycles. The summed E-state index contributed by atoms with van der Waals surface area (Å²) in [7, 11) is 1.49. The molecule has 2 rings (SSSR count). The summed E-state index contributed by atoms with van der Waals surface area (Å²) in [4.78, 5) is 23.8. The summed E-state index contributed by atoms with van der Waals surface area (Å²) in [5, 5.41) is 2.84. The van der Waals surface area contributed by atoms with E-state index in [-0.39, 0.29) is 18.6 Å². The van der Waals surface area contributed by atoms with Crippen molar-refractivity contribution in [1.82, 2.24) is 5.32 Å². The second kappa shape index (κ2) is 6.61. The summed E-state index contributed by atoms with van der Waals surface area (Å²) in [6.45, 7) is 3.58. The van der Waals surface area contributed by atoms with Gasteiger partial charge in [-0.05, 0) is 44.7 Å². The molecule has 21 heavy (non-hydrogen) atoms. The number of rotatable bonds is 6. The highest BCUT2D eigenvalue weighted by atomic mass is 16.5. The molecule has 0 unspecified atom stereocenters. The van der Waals surface area contributed by atoms with Crippen LogP contribution >= 0.6 is 0 Å². The van der Waals surface area contributed by atoms with Gasteiger partial charge in [0.25, 0.3) is 5.91 Å². The fourth-order valence-electron chi connectivity index (χ4n) is 2.20. The fourth-order valence-corrected chi connectivity index (χ4v) is 2.20. The normalized spacial score (nSPS) is 15.2. The van der Waals surface area contributed by atoms with Crippen LogP contribution in [-0.4, -0.2) is 31.6 Å². The van der Waals surface area contributed by atoms with Crippen LogP contribution in [0.15, 0.2) is 18.2 Å². The highest BCUT2D eigenvalue weighted by molar-refractivity contribution is 5.94. The van der Waals surface area contributed by atoms with Gasteiger partial charge in [-0.15, -0.1) is 0 Å². The van der Waals surface area contributed by atoms with Crippen molar-refractivity contribution < 1.29 is 19.1 Å². The summed E-state index contributed by atoms with van der Waals surface area (Å²) < 4.78 is 10.2. The zero-order valence-corrected chi connectivity index (χ0v) is 12.6. The van der Waals surface area contributed by atoms with Crippen LogP contribution < -0.4 is 10.1 Å². The number of carbonyl (C=O) groups excluding carboxylic acids is 2. The van der Waals surface area contributed by atoms with E-state index in [1.807, 2.05) is 19.9 Å². The molecule has 5 nitrogen and oxygen atoms in total. The molecular formula is C16H21NO4. The lowest BCUT2D eigenvalue weighted by molar-refractivity contribution is -0.125. The van der Waals surface area contributed by atoms with Crippen LogP contribution in [0, 0.1) is 12.8 Å². The number of ether oxygens (including phenoxy) is 2. The number of methoxy groups -OCH3 is 1. The molecule has 0 saturated heterocycles. The summed E-state index contributed by atoms with van der Waals surface area (Å²) in [5.41, 5.74) is 1.26. The Morgan fingerprint density at radius 3 is 2.71 bits per heavy atom. The zero-order valence-electron chi connectivity index (χ0n) is 12.6. The smallest absolute Gasteiger partial charge is 0.342 e. The Kier molecular flexibility index (Phi) is 4.83. The summed E-state index contributed by atoms with van der Waals surface area (Å²) in [6, 6.07) is 5.39. The van der Waals surface area contributed by atoms with Gasteiger partial charge in [0.05, 0.1) is 7.11 Å². The lowest BCUT2D eigenvalue weighted by atomic mass is 10.1. The van der Waals surface area contributed by atoms with Gasteiger partial charge < -0.3 is 14.8 Å². The second-order valence-electron chi connectivity index (χ2n) is 5.47. The molecule has 0 aliphatic heterocycles. The van der Waals surface area contributed by atoms with Crippen LogP contribution in [0.3, 0.4) is 0 Å². The van der Waals surface area contributed by atoms with E-state index < -0.39 is 5.97 Å². The first-order chi connectivity index (χ1) is 10.0. The Morgan fingerprint density at radius 2 is 2.10 bits per heavy atom. The first kappa shape index (κ1) is 15.4. The molecule has 0 bridgehead atoms. The zero-order chi connectivity index (χ0) is 15.4. The molecule has 0 spiro atoms. The van der Waals surface area contributed by atoms with E-state index in [9.17, 15) is 9.59 Å². The van der Waals surface area contributed by atoms with Crippen LogP contribution in [0.2, 0.25) is 0 Å². The van der Waals surface area contributed by atoms with Gasteiger partial charge in [0, 0.05) is 6.04 Å². The van der Waals surface area contributed by atoms with E-state index >= 15 is 0 Å². The minimum Gasteiger partial charge on any atom is -0.496 e. The summed E-state index contributed by atoms with van der Waals surface area (Å²) in [6.07, 6.45) is 2.31. The standard InChI is InChI=1S/C16H21NO4/c1-10-4-7-14(20-3)13(8-10)16(19)21-9-15(18)17-11(2)12-5-6-12/h4,7-8,11-12H,5-6,9H2,1-3H3,(H,17,18)/t11-/m0/s1. The van der Waals surface area contributed by atoms with E-state index in [0.29, 0.717) is 17.2 Å². The van der Waals surface area contributed by atoms with Crippen LogP contribution in [0.1, 0.15) is 35.7 Å². The predicted molar refractivity (Wildman–Crippen MR) is 78.3 cm³/mol. The Hall–Kier alpha value is -2.04. The lowest BCUT2D eigenvalue weighted by Crippen LogP contribution is -2.37. The minimum atomic E-state index is -0.551. The Bertz CT molecular complexity index is 537. The Labute approximate surface area is 124 Å². The van der Waals surface area contributed by atoms with E-state index in [1.54, 1.807) is 12.1 Å². The predicted octanol–water partition coefficient (Wildman–Crippen LogP) is 2.08. The van der Waals surface area contributed by atoms with Crippen molar-refractivity contribution in [3.05, 3.63) is 29.3 Å². The number of aryl methyl sites for hydroxylation is 1. The molecule has 0 radical (unpaired) electrons. The maximum Gasteiger partial charge on any atom is 0.342 e. The van der Waals surface area contributed by atoms with Crippen molar-refractivity contribution in [1.29, 1.82) is 0 Å². The Morgan fingerprint density at radius 1 is 1.38 bits per heavy atom. The van der Waals surface area contributed by atoms with E-state index in [0.717, 1.165) is 18.4 Å². The molecule has 1 aliphatic rings. The van der Waals surface area contributed by atoms with Crippen LogP contribution in [-0.2, 0) is 9.53 Å². The molecule has 1 aromatic rings. The van der Waals surface area contributed by atoms with Gasteiger partial charge in [-0.2, -0.15) is 0 Å². The fraction of sp³-hybridized carbons (Fsp3) is 0.500. The highest BCUT2D eigenvalue weighted by Gasteiger charge is 2.29. The molecule has 5 heteroatoms. The first-order valence-corrected chi connectivity index (χ1v) is 7.12. The van der Waals surface area contributed by atoms with Crippen molar-refractivity contribution in [2.24, 2.45) is 5.92 Å². The summed E-state index contributed by atoms with van der Waals surface area (Å²) in [5.74, 6) is 0.193. The van der Waals surface area contributed by atoms with Crippen LogP contribution in [0.5, 0.6) is 5.75 Å². The Balaban J connectivity index is 1.89. The first-order valence-electron chi connectivity index (χ1n) is 7.12. The SMILES string of the molecule is COc1ccc(C)cc1C(=O)OCC(=O)N[C@@H](C)C1CC1. The maximum atomic E-state index is 12.0. The third-order valence-corrected chi connectivity index (χ3v) is 3.63. The summed E-state index contributed by atoms with van der Waals surface area (Å²) >= 11 is 0. The molecule has 1 amide bonds. The molecule has 1 aromatic carbocycles. The molecule has 1 N–H and O–H groups in total. The second-order valence-corrected chi connectivity index (χ2v) is 5.47. The van der Waals surface area contributed by atoms with E-state index in [2.05, 4.69) is 5.32 Å². The highest BCUT2D eigenvalue weighted by Crippen LogP contribution is 2.32. The monoisotopic (exact) mass is 291 g/mol. The van der Waals surface area contributed by atoms with Crippen molar-refractivity contribution in [2.75, 3.05) is 13.7 Å². The lowest BCUT2D eigenvalue weighted by Gasteiger charge is -2.13. The van der Waals surface area contributed by atoms with Crippen molar-refractivity contribution >= 4 is 11.9 Å². The van der Waals surface area contributed by atoms with Crippen LogP contribution in [0.4, 0.5) is 0 Å². The third kappa shape index (κ3) is 4.21. The van der Waals surface area contributed by atoms with Crippen molar-refractivity contribution in [2.45, 2.75) is 32.7 Å². The minimum absolute atomic E-state index is 0.143. The largest absolute Gasteiger partial charge is 0.496 e. The molecule has 1 atom stereocenters. The number of amides is 1. The molecule has 0 aromatic heterocycles. The van der Waals surface area contributed by atoms with Crippen LogP contribution in [0.25, 0.3) is 0 Å². The van der Waals surface area contributed by atoms with Gasteiger partial charge in [-0.25, -0.2) is 4.79 Å². The van der Waals surface area contributed by atoms with Gasteiger partial charge in [0.1, 0.15) is 11.3 Å². The molecular weight excluding hydrogens is 270 g/mol. The maximum absolute atomic E-state index is 12.0. The number of benzene rings is 1. The number of hydrogen-bond donors (Lipinski definition) is 1. The average molecular weight is 291 g/mol. The van der Waals surface area contributed by atoms with Gasteiger partial charge in [-0.3, -0.25) is 4.79 Å². The topological polar surface area (TPSA) is 64.6 Å². The quantitative estimate of drug-likeness (QED) is 0.815. The van der Waals surface area contributed by atoms with Crippen molar-refractivity contribution in [3.63, 3.8) is 0 Å². The van der Waals surface area contributed by atoms with Gasteiger partial charge >= 0.3 is 5.97 Å². The number of carbonyl (C=O) groups is 2. The van der Waals surface area contributed by atoms with Crippen molar-refractivity contribution in [3.8, 4) is 5.75 Å². The number of nitrogens with one attached hydrogen (secondary N) is 1. The average Bonchev–Trinajstić information content (AvgIpc) is 3.29.